The molecule has 1 N–H and O–H groups in total. The Balaban J connectivity index is 1.28. The number of ether oxygens (including phenoxy) is 4. The number of carboxylic acid groups (broad SMARTS) is 1. The van der Waals surface area contributed by atoms with Crippen molar-refractivity contribution in [2.45, 2.75) is 45.3 Å². The van der Waals surface area contributed by atoms with Crippen LogP contribution in [0.4, 0.5) is 0 Å². The first-order valence-electron chi connectivity index (χ1n) is 12.0. The lowest BCUT2D eigenvalue weighted by Crippen LogP contribution is -2.15. The third-order valence-corrected chi connectivity index (χ3v) is 6.60. The minimum absolute atomic E-state index is 0.0704. The quantitative estimate of drug-likeness (QED) is 0.454. The highest BCUT2D eigenvalue weighted by molar-refractivity contribution is 5.72. The fourth-order valence-corrected chi connectivity index (χ4v) is 4.96. The van der Waals surface area contributed by atoms with Crippen molar-refractivity contribution in [2.24, 2.45) is 0 Å². The van der Waals surface area contributed by atoms with Crippen LogP contribution in [-0.4, -0.2) is 37.0 Å². The zero-order valence-corrected chi connectivity index (χ0v) is 20.1. The molecule has 0 radical (unpaired) electrons. The van der Waals surface area contributed by atoms with Gasteiger partial charge in [0.1, 0.15) is 30.0 Å². The second kappa shape index (κ2) is 10.0. The summed E-state index contributed by atoms with van der Waals surface area (Å²) >= 11 is 0. The first kappa shape index (κ1) is 23.2. The lowest BCUT2D eigenvalue weighted by Gasteiger charge is -2.17. The SMILES string of the molecule is Cc1cc(OC2CCOC2)cc(C)c1-c1cccc(COc2ccc3c(c2)OCC3CC(=O)O)c1. The third kappa shape index (κ3) is 5.28. The second-order valence-electron chi connectivity index (χ2n) is 9.33. The Kier molecular flexibility index (Phi) is 6.64. The number of fused-ring (bicyclic) bond motifs is 1. The number of aliphatic carboxylic acids is 1. The Morgan fingerprint density at radius 2 is 1.86 bits per heavy atom. The minimum atomic E-state index is -0.817. The fourth-order valence-electron chi connectivity index (χ4n) is 4.96. The summed E-state index contributed by atoms with van der Waals surface area (Å²) in [6, 6.07) is 18.2. The predicted octanol–water partition coefficient (Wildman–Crippen LogP) is 5.67. The van der Waals surface area contributed by atoms with Crippen LogP contribution in [0.3, 0.4) is 0 Å². The van der Waals surface area contributed by atoms with E-state index in [1.807, 2.05) is 18.2 Å². The van der Waals surface area contributed by atoms with Crippen LogP contribution in [0.15, 0.2) is 54.6 Å². The van der Waals surface area contributed by atoms with Gasteiger partial charge in [0.05, 0.1) is 26.2 Å². The van der Waals surface area contributed by atoms with E-state index in [-0.39, 0.29) is 18.4 Å². The van der Waals surface area contributed by atoms with E-state index in [2.05, 4.69) is 50.2 Å². The van der Waals surface area contributed by atoms with Crippen LogP contribution < -0.4 is 14.2 Å². The van der Waals surface area contributed by atoms with Crippen molar-refractivity contribution in [1.29, 1.82) is 0 Å². The normalized spacial score (nSPS) is 18.7. The smallest absolute Gasteiger partial charge is 0.304 e. The van der Waals surface area contributed by atoms with Crippen LogP contribution in [0, 0.1) is 13.8 Å². The first-order valence-corrected chi connectivity index (χ1v) is 12.0. The summed E-state index contributed by atoms with van der Waals surface area (Å²) in [7, 11) is 0. The molecule has 1 saturated heterocycles. The van der Waals surface area contributed by atoms with Crippen molar-refractivity contribution in [2.75, 3.05) is 19.8 Å². The Morgan fingerprint density at radius 1 is 1.03 bits per heavy atom. The zero-order valence-electron chi connectivity index (χ0n) is 20.1. The van der Waals surface area contributed by atoms with E-state index in [1.165, 1.54) is 16.7 Å². The van der Waals surface area contributed by atoms with Crippen LogP contribution in [0.25, 0.3) is 11.1 Å². The standard InChI is InChI=1S/C29H30O6/c1-18-10-25(35-24-8-9-32-17-24)11-19(2)29(18)21-5-3-4-20(12-21)15-33-23-6-7-26-22(13-28(30)31)16-34-27(26)14-23/h3-7,10-12,14,22,24H,8-9,13,15-17H2,1-2H3,(H,30,31). The highest BCUT2D eigenvalue weighted by Gasteiger charge is 2.26. The Hall–Kier alpha value is -3.51. The van der Waals surface area contributed by atoms with Gasteiger partial charge in [0, 0.05) is 24.0 Å². The number of aryl methyl sites for hydroxylation is 2. The van der Waals surface area contributed by atoms with Gasteiger partial charge < -0.3 is 24.1 Å². The summed E-state index contributed by atoms with van der Waals surface area (Å²) in [5.41, 5.74) is 6.69. The molecule has 5 rings (SSSR count). The summed E-state index contributed by atoms with van der Waals surface area (Å²) < 4.78 is 23.3. The summed E-state index contributed by atoms with van der Waals surface area (Å²) in [5, 5.41) is 9.08. The summed E-state index contributed by atoms with van der Waals surface area (Å²) in [5.74, 6) is 1.38. The van der Waals surface area contributed by atoms with Crippen molar-refractivity contribution in [1.82, 2.24) is 0 Å². The Bertz CT molecular complexity index is 1200. The summed E-state index contributed by atoms with van der Waals surface area (Å²) in [6.07, 6.45) is 1.13. The molecule has 6 nitrogen and oxygen atoms in total. The second-order valence-corrected chi connectivity index (χ2v) is 9.33. The van der Waals surface area contributed by atoms with Crippen molar-refractivity contribution in [3.05, 3.63) is 76.9 Å². The van der Waals surface area contributed by atoms with Gasteiger partial charge in [0.25, 0.3) is 0 Å². The summed E-state index contributed by atoms with van der Waals surface area (Å²) in [6.45, 7) is 6.47. The van der Waals surface area contributed by atoms with Crippen LogP contribution in [0.2, 0.25) is 0 Å². The van der Waals surface area contributed by atoms with E-state index in [9.17, 15) is 4.79 Å². The largest absolute Gasteiger partial charge is 0.492 e. The molecular formula is C29H30O6. The molecule has 35 heavy (non-hydrogen) atoms. The molecule has 2 aliphatic rings. The van der Waals surface area contributed by atoms with E-state index in [0.717, 1.165) is 35.5 Å². The number of carboxylic acids is 1. The van der Waals surface area contributed by atoms with Gasteiger partial charge in [-0.1, -0.05) is 24.3 Å². The number of benzene rings is 3. The van der Waals surface area contributed by atoms with Gasteiger partial charge >= 0.3 is 5.97 Å². The van der Waals surface area contributed by atoms with Crippen molar-refractivity contribution in [3.8, 4) is 28.4 Å². The lowest BCUT2D eigenvalue weighted by molar-refractivity contribution is -0.137. The average Bonchev–Trinajstić information content (AvgIpc) is 3.47. The molecule has 3 aromatic rings. The number of carbonyl (C=O) groups is 1. The van der Waals surface area contributed by atoms with E-state index in [4.69, 9.17) is 24.1 Å². The topological polar surface area (TPSA) is 74.2 Å². The highest BCUT2D eigenvalue weighted by atomic mass is 16.5. The molecule has 2 aliphatic heterocycles. The lowest BCUT2D eigenvalue weighted by atomic mass is 9.94. The average molecular weight is 475 g/mol. The molecule has 182 valence electrons. The summed E-state index contributed by atoms with van der Waals surface area (Å²) in [4.78, 5) is 11.1. The number of hydrogen-bond acceptors (Lipinski definition) is 5. The van der Waals surface area contributed by atoms with Gasteiger partial charge in [-0.3, -0.25) is 4.79 Å². The Labute approximate surface area is 205 Å². The Morgan fingerprint density at radius 3 is 2.60 bits per heavy atom. The number of rotatable bonds is 8. The van der Waals surface area contributed by atoms with Gasteiger partial charge in [-0.25, -0.2) is 0 Å². The van der Waals surface area contributed by atoms with Gasteiger partial charge in [0.15, 0.2) is 0 Å². The van der Waals surface area contributed by atoms with Gasteiger partial charge in [-0.2, -0.15) is 0 Å². The molecule has 6 heteroatoms. The van der Waals surface area contributed by atoms with Crippen molar-refractivity contribution >= 4 is 5.97 Å². The maximum atomic E-state index is 11.1. The molecule has 0 aromatic heterocycles. The molecular weight excluding hydrogens is 444 g/mol. The fraction of sp³-hybridized carbons (Fsp3) is 0.345. The van der Waals surface area contributed by atoms with Crippen LogP contribution >= 0.6 is 0 Å². The molecule has 2 heterocycles. The van der Waals surface area contributed by atoms with E-state index in [0.29, 0.717) is 31.3 Å². The van der Waals surface area contributed by atoms with E-state index < -0.39 is 5.97 Å². The van der Waals surface area contributed by atoms with Crippen molar-refractivity contribution in [3.63, 3.8) is 0 Å². The monoisotopic (exact) mass is 474 g/mol. The van der Waals surface area contributed by atoms with Gasteiger partial charge in [-0.15, -0.1) is 0 Å². The number of hydrogen-bond donors (Lipinski definition) is 1. The minimum Gasteiger partial charge on any atom is -0.492 e. The highest BCUT2D eigenvalue weighted by Crippen LogP contribution is 2.38. The van der Waals surface area contributed by atoms with Gasteiger partial charge in [-0.05, 0) is 65.9 Å². The molecule has 0 amide bonds. The molecule has 0 spiro atoms. The van der Waals surface area contributed by atoms with E-state index >= 15 is 0 Å². The third-order valence-electron chi connectivity index (χ3n) is 6.60. The molecule has 2 unspecified atom stereocenters. The van der Waals surface area contributed by atoms with E-state index in [1.54, 1.807) is 0 Å². The first-order chi connectivity index (χ1) is 17.0. The van der Waals surface area contributed by atoms with Crippen LogP contribution in [0.1, 0.15) is 41.0 Å². The van der Waals surface area contributed by atoms with Crippen molar-refractivity contribution < 1.29 is 28.8 Å². The van der Waals surface area contributed by atoms with Gasteiger partial charge in [0.2, 0.25) is 0 Å². The molecule has 0 aliphatic carbocycles. The zero-order chi connectivity index (χ0) is 24.4. The molecule has 1 fully saturated rings. The molecule has 3 aromatic carbocycles. The maximum absolute atomic E-state index is 11.1. The predicted molar refractivity (Wildman–Crippen MR) is 132 cm³/mol. The van der Waals surface area contributed by atoms with Crippen LogP contribution in [-0.2, 0) is 16.1 Å². The molecule has 0 bridgehead atoms. The van der Waals surface area contributed by atoms with Crippen LogP contribution in [0.5, 0.6) is 17.2 Å². The molecule has 0 saturated carbocycles. The maximum Gasteiger partial charge on any atom is 0.304 e. The molecule has 2 atom stereocenters.